The van der Waals surface area contributed by atoms with Crippen LogP contribution >= 0.6 is 0 Å². The zero-order valence-electron chi connectivity index (χ0n) is 27.6. The molecule has 0 heterocycles. The number of fused-ring (bicyclic) bond motifs is 1. The van der Waals surface area contributed by atoms with Crippen LogP contribution in [0.5, 0.6) is 11.5 Å². The van der Waals surface area contributed by atoms with Crippen molar-refractivity contribution in [3.63, 3.8) is 0 Å². The third-order valence-electron chi connectivity index (χ3n) is 8.76. The van der Waals surface area contributed by atoms with E-state index in [-0.39, 0.29) is 0 Å². The predicted molar refractivity (Wildman–Crippen MR) is 192 cm³/mol. The molecule has 0 fully saturated rings. The van der Waals surface area contributed by atoms with E-state index in [4.69, 9.17) is 23.9 Å². The molecule has 0 bridgehead atoms. The zero-order chi connectivity index (χ0) is 33.1. The second kappa shape index (κ2) is 16.1. The summed E-state index contributed by atoms with van der Waals surface area (Å²) in [6.07, 6.45) is 5.97. The first kappa shape index (κ1) is 32.8. The average Bonchev–Trinajstić information content (AvgIpc) is 3.13. The van der Waals surface area contributed by atoms with Gasteiger partial charge in [0.1, 0.15) is 30.8 Å². The van der Waals surface area contributed by atoms with Crippen LogP contribution in [0.2, 0.25) is 0 Å². The molecule has 1 unspecified atom stereocenters. The maximum absolute atomic E-state index is 10.3. The van der Waals surface area contributed by atoms with Gasteiger partial charge in [-0.3, -0.25) is 4.99 Å². The fourth-order valence-corrected chi connectivity index (χ4v) is 6.17. The molecule has 244 valence electrons. The van der Waals surface area contributed by atoms with Crippen molar-refractivity contribution in [3.8, 4) is 39.8 Å². The van der Waals surface area contributed by atoms with Gasteiger partial charge in [0, 0.05) is 25.6 Å². The van der Waals surface area contributed by atoms with Crippen LogP contribution in [0.25, 0.3) is 22.3 Å². The molecule has 4 aromatic carbocycles. The molecule has 0 aromatic heterocycles. The van der Waals surface area contributed by atoms with Crippen molar-refractivity contribution in [2.45, 2.75) is 25.7 Å². The third-order valence-corrected chi connectivity index (χ3v) is 8.76. The first-order valence-electron chi connectivity index (χ1n) is 16.5. The van der Waals surface area contributed by atoms with Crippen molar-refractivity contribution in [1.82, 2.24) is 0 Å². The lowest BCUT2D eigenvalue weighted by Crippen LogP contribution is -2.22. The van der Waals surface area contributed by atoms with Gasteiger partial charge in [0.15, 0.2) is 0 Å². The number of aliphatic imine (C=N–C) groups is 1. The molecule has 1 atom stereocenters. The number of nitrogens with one attached hydrogen (secondary N) is 1. The number of rotatable bonds is 13. The first-order chi connectivity index (χ1) is 23.6. The summed E-state index contributed by atoms with van der Waals surface area (Å²) >= 11 is 0. The minimum atomic E-state index is 0.386. The molecular formula is C41H41N3O4. The van der Waals surface area contributed by atoms with Gasteiger partial charge in [-0.25, -0.2) is 0 Å². The fraction of sp³-hybridized carbons (Fsp3) is 0.268. The van der Waals surface area contributed by atoms with Gasteiger partial charge in [0.2, 0.25) is 0 Å². The van der Waals surface area contributed by atoms with E-state index < -0.39 is 0 Å². The van der Waals surface area contributed by atoms with Gasteiger partial charge < -0.3 is 24.3 Å². The monoisotopic (exact) mass is 639 g/mol. The quantitative estimate of drug-likeness (QED) is 0.147. The van der Waals surface area contributed by atoms with Crippen molar-refractivity contribution >= 4 is 17.1 Å². The van der Waals surface area contributed by atoms with Gasteiger partial charge >= 0.3 is 0 Å². The number of anilines is 1. The van der Waals surface area contributed by atoms with Gasteiger partial charge in [0.25, 0.3) is 0 Å². The van der Waals surface area contributed by atoms with Gasteiger partial charge in [-0.05, 0) is 114 Å². The standard InChI is InChI=1S/C41H41N3O4/c1-45-23-25-47-37-18-8-31(9-19-37)29-3-13-34(14-4-29)43-36-17-7-33-12-22-41(40(28-42)39(33)27-36)44-35-15-5-30(6-16-35)32-10-20-38(21-11-32)48-26-24-46-2/h3-6,8-11,13-16,18-21,27,33,43H,7,12,17,22-26H2,1-2H3/b44-41+. The van der Waals surface area contributed by atoms with Crippen LogP contribution in [-0.4, -0.2) is 46.4 Å². The number of benzene rings is 4. The molecular weight excluding hydrogens is 598 g/mol. The number of nitrogens with zero attached hydrogens (tertiary/aromatic N) is 2. The Morgan fingerprint density at radius 1 is 0.667 bits per heavy atom. The van der Waals surface area contributed by atoms with E-state index in [0.717, 1.165) is 87.8 Å². The summed E-state index contributed by atoms with van der Waals surface area (Å²) in [5, 5.41) is 13.9. The summed E-state index contributed by atoms with van der Waals surface area (Å²) in [5.74, 6) is 2.04. The minimum absolute atomic E-state index is 0.386. The molecule has 0 spiro atoms. The highest BCUT2D eigenvalue weighted by atomic mass is 16.5. The van der Waals surface area contributed by atoms with Crippen LogP contribution in [0, 0.1) is 17.2 Å². The van der Waals surface area contributed by atoms with Gasteiger partial charge in [0.05, 0.1) is 30.2 Å². The number of nitriles is 1. The maximum Gasteiger partial charge on any atom is 0.119 e. The SMILES string of the molecule is COCCOc1ccc(-c2ccc(/N=C3\CCC4CCC(Nc5ccc(-c6ccc(OCCOC)cc6)cc5)=CC4=C3C#N)cc2)cc1. The van der Waals surface area contributed by atoms with Crippen molar-refractivity contribution in [2.75, 3.05) is 46.0 Å². The largest absolute Gasteiger partial charge is 0.491 e. The van der Waals surface area contributed by atoms with Gasteiger partial charge in [-0.2, -0.15) is 5.26 Å². The summed E-state index contributed by atoms with van der Waals surface area (Å²) in [4.78, 5) is 4.96. The summed E-state index contributed by atoms with van der Waals surface area (Å²) < 4.78 is 21.5. The van der Waals surface area contributed by atoms with E-state index in [9.17, 15) is 5.26 Å². The van der Waals surface area contributed by atoms with Crippen LogP contribution in [-0.2, 0) is 9.47 Å². The number of ether oxygens (including phenoxy) is 4. The Kier molecular flexibility index (Phi) is 11.0. The molecule has 0 amide bonds. The zero-order valence-corrected chi connectivity index (χ0v) is 27.6. The Labute approximate surface area is 283 Å². The molecule has 1 N–H and O–H groups in total. The summed E-state index contributed by atoms with van der Waals surface area (Å²) in [7, 11) is 3.33. The van der Waals surface area contributed by atoms with Crippen LogP contribution < -0.4 is 14.8 Å². The molecule has 2 aliphatic carbocycles. The summed E-state index contributed by atoms with van der Waals surface area (Å²) in [5.41, 5.74) is 10.2. The molecule has 7 heteroatoms. The van der Waals surface area contributed by atoms with E-state index in [0.29, 0.717) is 37.9 Å². The van der Waals surface area contributed by atoms with Crippen LogP contribution in [0.15, 0.2) is 125 Å². The van der Waals surface area contributed by atoms with E-state index in [1.165, 1.54) is 0 Å². The number of methoxy groups -OCH3 is 2. The van der Waals surface area contributed by atoms with Crippen molar-refractivity contribution in [1.29, 1.82) is 5.26 Å². The van der Waals surface area contributed by atoms with Crippen molar-refractivity contribution < 1.29 is 18.9 Å². The summed E-state index contributed by atoms with van der Waals surface area (Å²) in [6.45, 7) is 2.18. The molecule has 2 aliphatic rings. The molecule has 0 radical (unpaired) electrons. The highest BCUT2D eigenvalue weighted by Gasteiger charge is 2.29. The highest BCUT2D eigenvalue weighted by Crippen LogP contribution is 2.39. The third kappa shape index (κ3) is 8.21. The second-order valence-corrected chi connectivity index (χ2v) is 11.9. The normalized spacial score (nSPS) is 16.6. The van der Waals surface area contributed by atoms with Crippen LogP contribution in [0.1, 0.15) is 25.7 Å². The Bertz CT molecular complexity index is 1800. The fourth-order valence-electron chi connectivity index (χ4n) is 6.17. The Morgan fingerprint density at radius 3 is 1.69 bits per heavy atom. The number of hydrogen-bond donors (Lipinski definition) is 1. The number of hydrogen-bond acceptors (Lipinski definition) is 7. The van der Waals surface area contributed by atoms with E-state index in [2.05, 4.69) is 78.1 Å². The van der Waals surface area contributed by atoms with E-state index in [1.807, 2.05) is 36.4 Å². The van der Waals surface area contributed by atoms with Gasteiger partial charge in [-0.1, -0.05) is 48.5 Å². The maximum atomic E-state index is 10.3. The molecule has 4 aromatic rings. The lowest BCUT2D eigenvalue weighted by Gasteiger charge is -2.30. The first-order valence-corrected chi connectivity index (χ1v) is 16.5. The highest BCUT2D eigenvalue weighted by molar-refractivity contribution is 6.06. The van der Waals surface area contributed by atoms with E-state index in [1.54, 1.807) is 14.2 Å². The Balaban J connectivity index is 1.13. The molecule has 0 aliphatic heterocycles. The molecule has 48 heavy (non-hydrogen) atoms. The molecule has 7 nitrogen and oxygen atoms in total. The lowest BCUT2D eigenvalue weighted by atomic mass is 9.76. The van der Waals surface area contributed by atoms with Crippen LogP contribution in [0.4, 0.5) is 11.4 Å². The summed E-state index contributed by atoms with van der Waals surface area (Å²) in [6, 6.07) is 35.3. The Morgan fingerprint density at radius 2 is 1.17 bits per heavy atom. The number of allylic oxidation sites excluding steroid dienone is 4. The Hall–Kier alpha value is -5.16. The molecule has 0 saturated carbocycles. The lowest BCUT2D eigenvalue weighted by molar-refractivity contribution is 0.146. The van der Waals surface area contributed by atoms with Crippen molar-refractivity contribution in [3.05, 3.63) is 120 Å². The van der Waals surface area contributed by atoms with Crippen LogP contribution in [0.3, 0.4) is 0 Å². The van der Waals surface area contributed by atoms with Gasteiger partial charge in [-0.15, -0.1) is 0 Å². The smallest absolute Gasteiger partial charge is 0.119 e. The molecule has 0 saturated heterocycles. The predicted octanol–water partition coefficient (Wildman–Crippen LogP) is 9.16. The van der Waals surface area contributed by atoms with E-state index >= 15 is 0 Å². The van der Waals surface area contributed by atoms with Crippen molar-refractivity contribution in [2.24, 2.45) is 10.9 Å². The molecule has 6 rings (SSSR count). The topological polar surface area (TPSA) is 85.1 Å². The second-order valence-electron chi connectivity index (χ2n) is 11.9. The average molecular weight is 640 g/mol. The minimum Gasteiger partial charge on any atom is -0.491 e.